The third-order valence-corrected chi connectivity index (χ3v) is 3.81. The summed E-state index contributed by atoms with van der Waals surface area (Å²) in [6.07, 6.45) is 5.26. The van der Waals surface area contributed by atoms with E-state index in [1.54, 1.807) is 6.20 Å². The molecule has 3 nitrogen and oxygen atoms in total. The molecular formula is C14H20N2O. The van der Waals surface area contributed by atoms with E-state index in [1.165, 1.54) is 0 Å². The first-order chi connectivity index (χ1) is 8.27. The Hall–Kier alpha value is -1.22. The Labute approximate surface area is 103 Å². The van der Waals surface area contributed by atoms with Crippen LogP contribution in [0.3, 0.4) is 0 Å². The van der Waals surface area contributed by atoms with Crippen LogP contribution in [0.5, 0.6) is 0 Å². The maximum Gasteiger partial charge on any atom is 0.146 e. The number of nitrogens with zero attached hydrogens (tertiary/aromatic N) is 1. The Bertz CT molecular complexity index is 369. The number of pyridine rings is 1. The molecule has 0 spiro atoms. The molecule has 1 fully saturated rings. The quantitative estimate of drug-likeness (QED) is 0.863. The molecule has 17 heavy (non-hydrogen) atoms. The predicted molar refractivity (Wildman–Crippen MR) is 67.8 cm³/mol. The molecule has 0 bridgehead atoms. The molecule has 0 saturated carbocycles. The van der Waals surface area contributed by atoms with Crippen LogP contribution in [0.4, 0.5) is 0 Å². The fraction of sp³-hybridized carbons (Fsp3) is 0.571. The first-order valence-corrected chi connectivity index (χ1v) is 6.41. The molecule has 2 heterocycles. The zero-order chi connectivity index (χ0) is 12.1. The van der Waals surface area contributed by atoms with Gasteiger partial charge in [-0.3, -0.25) is 9.78 Å². The first-order valence-electron chi connectivity index (χ1n) is 6.41. The van der Waals surface area contributed by atoms with Crippen LogP contribution >= 0.6 is 0 Å². The summed E-state index contributed by atoms with van der Waals surface area (Å²) in [5.74, 6) is 0.339. The van der Waals surface area contributed by atoms with E-state index in [4.69, 9.17) is 0 Å². The van der Waals surface area contributed by atoms with E-state index in [1.807, 2.05) is 18.2 Å². The molecule has 1 aromatic rings. The van der Waals surface area contributed by atoms with Gasteiger partial charge >= 0.3 is 0 Å². The monoisotopic (exact) mass is 232 g/mol. The molecule has 1 atom stereocenters. The normalized spacial score (nSPS) is 24.5. The summed E-state index contributed by atoms with van der Waals surface area (Å²) in [5.41, 5.74) is 0.728. The second kappa shape index (κ2) is 5.41. The lowest BCUT2D eigenvalue weighted by Gasteiger charge is -2.35. The summed E-state index contributed by atoms with van der Waals surface area (Å²) >= 11 is 0. The lowest BCUT2D eigenvalue weighted by Crippen LogP contribution is -2.45. The first kappa shape index (κ1) is 12.2. The van der Waals surface area contributed by atoms with Crippen molar-refractivity contribution in [2.24, 2.45) is 5.41 Å². The lowest BCUT2D eigenvalue weighted by atomic mass is 9.73. The standard InChI is InChI=1S/C14H20N2O/c1-2-14(7-5-8-15-11-14)13(17)10-12-6-3-4-9-16-12/h3-4,6,9,15H,2,5,7-8,10-11H2,1H3. The smallest absolute Gasteiger partial charge is 0.146 e. The summed E-state index contributed by atoms with van der Waals surface area (Å²) in [5, 5.41) is 3.35. The van der Waals surface area contributed by atoms with Gasteiger partial charge in [-0.25, -0.2) is 0 Å². The predicted octanol–water partition coefficient (Wildman–Crippen LogP) is 1.97. The van der Waals surface area contributed by atoms with E-state index in [0.717, 1.165) is 38.0 Å². The molecule has 1 unspecified atom stereocenters. The third kappa shape index (κ3) is 2.72. The van der Waals surface area contributed by atoms with Gasteiger partial charge in [0.05, 0.1) is 0 Å². The van der Waals surface area contributed by atoms with Gasteiger partial charge in [0.1, 0.15) is 5.78 Å². The van der Waals surface area contributed by atoms with Crippen LogP contribution in [0.2, 0.25) is 0 Å². The molecule has 0 aliphatic carbocycles. The van der Waals surface area contributed by atoms with Gasteiger partial charge < -0.3 is 5.32 Å². The highest BCUT2D eigenvalue weighted by molar-refractivity contribution is 5.86. The molecule has 0 amide bonds. The fourth-order valence-corrected chi connectivity index (χ4v) is 2.56. The van der Waals surface area contributed by atoms with E-state index in [-0.39, 0.29) is 5.41 Å². The average molecular weight is 232 g/mol. The number of hydrogen-bond donors (Lipinski definition) is 1. The molecule has 1 aliphatic rings. The van der Waals surface area contributed by atoms with Gasteiger partial charge in [-0.1, -0.05) is 13.0 Å². The van der Waals surface area contributed by atoms with Gasteiger partial charge in [0.25, 0.3) is 0 Å². The van der Waals surface area contributed by atoms with Crippen LogP contribution in [0.25, 0.3) is 0 Å². The minimum absolute atomic E-state index is 0.157. The molecule has 1 saturated heterocycles. The van der Waals surface area contributed by atoms with Crippen molar-refractivity contribution >= 4 is 5.78 Å². The van der Waals surface area contributed by atoms with Gasteiger partial charge in [-0.15, -0.1) is 0 Å². The van der Waals surface area contributed by atoms with Gasteiger partial charge in [0, 0.05) is 30.3 Å². The fourth-order valence-electron chi connectivity index (χ4n) is 2.56. The van der Waals surface area contributed by atoms with Crippen molar-refractivity contribution in [2.45, 2.75) is 32.6 Å². The zero-order valence-electron chi connectivity index (χ0n) is 10.4. The third-order valence-electron chi connectivity index (χ3n) is 3.81. The van der Waals surface area contributed by atoms with E-state index in [0.29, 0.717) is 12.2 Å². The molecule has 1 aliphatic heterocycles. The molecule has 2 rings (SSSR count). The maximum atomic E-state index is 12.4. The van der Waals surface area contributed by atoms with Crippen molar-refractivity contribution in [1.29, 1.82) is 0 Å². The van der Waals surface area contributed by atoms with Crippen molar-refractivity contribution in [2.75, 3.05) is 13.1 Å². The van der Waals surface area contributed by atoms with Crippen LogP contribution in [-0.2, 0) is 11.2 Å². The van der Waals surface area contributed by atoms with Crippen molar-refractivity contribution in [1.82, 2.24) is 10.3 Å². The van der Waals surface area contributed by atoms with Crippen LogP contribution in [0.1, 0.15) is 31.9 Å². The number of carbonyl (C=O) groups is 1. The van der Waals surface area contributed by atoms with Crippen molar-refractivity contribution < 1.29 is 4.79 Å². The second-order valence-corrected chi connectivity index (χ2v) is 4.84. The number of aromatic nitrogens is 1. The Morgan fingerprint density at radius 3 is 3.00 bits per heavy atom. The van der Waals surface area contributed by atoms with E-state index in [2.05, 4.69) is 17.2 Å². The molecule has 1 aromatic heterocycles. The van der Waals surface area contributed by atoms with Gasteiger partial charge in [-0.05, 0) is 37.9 Å². The second-order valence-electron chi connectivity index (χ2n) is 4.84. The Morgan fingerprint density at radius 1 is 1.53 bits per heavy atom. The summed E-state index contributed by atoms with van der Waals surface area (Å²) in [7, 11) is 0. The van der Waals surface area contributed by atoms with Crippen LogP contribution in [0, 0.1) is 5.41 Å². The highest BCUT2D eigenvalue weighted by Gasteiger charge is 2.37. The number of nitrogens with one attached hydrogen (secondary N) is 1. The van der Waals surface area contributed by atoms with Crippen molar-refractivity contribution in [3.05, 3.63) is 30.1 Å². The number of piperidine rings is 1. The summed E-state index contributed by atoms with van der Waals surface area (Å²) in [6.45, 7) is 3.98. The van der Waals surface area contributed by atoms with Crippen LogP contribution in [-0.4, -0.2) is 23.9 Å². The van der Waals surface area contributed by atoms with Gasteiger partial charge in [0.15, 0.2) is 0 Å². The number of carbonyl (C=O) groups excluding carboxylic acids is 1. The maximum absolute atomic E-state index is 12.4. The Kier molecular flexibility index (Phi) is 3.89. The number of hydrogen-bond acceptors (Lipinski definition) is 3. The largest absolute Gasteiger partial charge is 0.316 e. The summed E-state index contributed by atoms with van der Waals surface area (Å²) < 4.78 is 0. The minimum atomic E-state index is -0.157. The number of Topliss-reactive ketones (excluding diaryl/α,β-unsaturated/α-hetero) is 1. The number of ketones is 1. The summed E-state index contributed by atoms with van der Waals surface area (Å²) in [4.78, 5) is 16.7. The molecule has 0 aromatic carbocycles. The SMILES string of the molecule is CCC1(C(=O)Cc2ccccn2)CCCNC1. The van der Waals surface area contributed by atoms with Crippen molar-refractivity contribution in [3.63, 3.8) is 0 Å². The van der Waals surface area contributed by atoms with Gasteiger partial charge in [0.2, 0.25) is 0 Å². The van der Waals surface area contributed by atoms with E-state index < -0.39 is 0 Å². The Balaban J connectivity index is 2.07. The van der Waals surface area contributed by atoms with Crippen LogP contribution in [0.15, 0.2) is 24.4 Å². The minimum Gasteiger partial charge on any atom is -0.316 e. The topological polar surface area (TPSA) is 42.0 Å². The van der Waals surface area contributed by atoms with E-state index >= 15 is 0 Å². The zero-order valence-corrected chi connectivity index (χ0v) is 10.4. The summed E-state index contributed by atoms with van der Waals surface area (Å²) in [6, 6.07) is 5.75. The van der Waals surface area contributed by atoms with E-state index in [9.17, 15) is 4.79 Å². The van der Waals surface area contributed by atoms with Crippen LogP contribution < -0.4 is 5.32 Å². The highest BCUT2D eigenvalue weighted by atomic mass is 16.1. The highest BCUT2D eigenvalue weighted by Crippen LogP contribution is 2.32. The Morgan fingerprint density at radius 2 is 2.41 bits per heavy atom. The number of rotatable bonds is 4. The molecule has 92 valence electrons. The molecular weight excluding hydrogens is 212 g/mol. The van der Waals surface area contributed by atoms with Gasteiger partial charge in [-0.2, -0.15) is 0 Å². The van der Waals surface area contributed by atoms with Crippen molar-refractivity contribution in [3.8, 4) is 0 Å². The molecule has 1 N–H and O–H groups in total. The molecule has 3 heteroatoms. The molecule has 0 radical (unpaired) electrons. The lowest BCUT2D eigenvalue weighted by molar-refractivity contribution is -0.129. The average Bonchev–Trinajstić information content (AvgIpc) is 2.40.